The number of fused-ring (bicyclic) bond motifs is 1. The number of anilines is 1. The van der Waals surface area contributed by atoms with E-state index in [0.29, 0.717) is 29.3 Å². The number of rotatable bonds is 6. The molecule has 1 aromatic heterocycles. The average molecular weight is 491 g/mol. The Kier molecular flexibility index (Phi) is 8.17. The zero-order valence-electron chi connectivity index (χ0n) is 19.5. The van der Waals surface area contributed by atoms with Crippen molar-refractivity contribution in [2.24, 2.45) is 11.7 Å². The van der Waals surface area contributed by atoms with Gasteiger partial charge < -0.3 is 26.0 Å². The first-order valence-corrected chi connectivity index (χ1v) is 11.5. The molecule has 2 amide bonds. The molecule has 7 nitrogen and oxygen atoms in total. The van der Waals surface area contributed by atoms with E-state index in [1.165, 1.54) is 12.1 Å². The van der Waals surface area contributed by atoms with Gasteiger partial charge >= 0.3 is 0 Å². The number of aliphatic hydroxyl groups excluding tert-OH is 1. The summed E-state index contributed by atoms with van der Waals surface area (Å²) in [5.41, 5.74) is 10.1. The summed E-state index contributed by atoms with van der Waals surface area (Å²) in [6, 6.07) is 4.92. The van der Waals surface area contributed by atoms with Gasteiger partial charge in [0.2, 0.25) is 0 Å². The van der Waals surface area contributed by atoms with Crippen LogP contribution in [-0.2, 0) is 4.79 Å². The van der Waals surface area contributed by atoms with Gasteiger partial charge in [0.25, 0.3) is 11.8 Å². The molecular formula is C25H32ClFN4O3. The van der Waals surface area contributed by atoms with Crippen LogP contribution in [0.15, 0.2) is 18.2 Å². The van der Waals surface area contributed by atoms with Crippen LogP contribution >= 0.6 is 12.4 Å². The number of amides is 2. The van der Waals surface area contributed by atoms with Crippen LogP contribution in [-0.4, -0.2) is 47.6 Å². The number of nitrogens with two attached hydrogens (primary N) is 1. The largest absolute Gasteiger partial charge is 0.395 e. The number of carbonyl (C=O) groups excluding carboxylic acids is 2. The molecule has 0 saturated heterocycles. The Balaban J connectivity index is 0.00000324. The predicted octanol–water partition coefficient (Wildman–Crippen LogP) is 3.32. The summed E-state index contributed by atoms with van der Waals surface area (Å²) < 4.78 is 15.0. The zero-order valence-corrected chi connectivity index (χ0v) is 20.3. The fraction of sp³-hybridized carbons (Fsp3) is 0.440. The van der Waals surface area contributed by atoms with Gasteiger partial charge in [-0.2, -0.15) is 0 Å². The molecule has 0 unspecified atom stereocenters. The molecule has 0 atom stereocenters. The predicted molar refractivity (Wildman–Crippen MR) is 133 cm³/mol. The molecule has 9 heteroatoms. The molecule has 184 valence electrons. The van der Waals surface area contributed by atoms with Crippen molar-refractivity contribution in [1.82, 2.24) is 10.3 Å². The number of hydrogen-bond acceptors (Lipinski definition) is 4. The molecule has 1 aliphatic carbocycles. The Bertz CT molecular complexity index is 1110. The molecular weight excluding hydrogens is 459 g/mol. The highest BCUT2D eigenvalue weighted by atomic mass is 35.5. The molecule has 2 heterocycles. The van der Waals surface area contributed by atoms with Crippen molar-refractivity contribution in [3.8, 4) is 0 Å². The van der Waals surface area contributed by atoms with Crippen molar-refractivity contribution >= 4 is 41.6 Å². The SMILES string of the molecule is Cc1cc(C)c(/C=C2\C(=O)N(CC3CCC(N)CC3)c3cc(C(=O)NCCO)c(F)cc32)[nH]1.Cl. The van der Waals surface area contributed by atoms with Crippen LogP contribution in [0, 0.1) is 25.6 Å². The lowest BCUT2D eigenvalue weighted by molar-refractivity contribution is -0.113. The summed E-state index contributed by atoms with van der Waals surface area (Å²) in [5, 5.41) is 11.5. The normalized spacial score (nSPS) is 20.9. The number of aromatic amines is 1. The lowest BCUT2D eigenvalue weighted by atomic mass is 9.86. The maximum Gasteiger partial charge on any atom is 0.259 e. The Morgan fingerprint density at radius 1 is 1.26 bits per heavy atom. The third-order valence-corrected chi connectivity index (χ3v) is 6.59. The van der Waals surface area contributed by atoms with E-state index in [1.807, 2.05) is 19.9 Å². The van der Waals surface area contributed by atoms with Crippen molar-refractivity contribution in [2.75, 3.05) is 24.6 Å². The smallest absolute Gasteiger partial charge is 0.259 e. The molecule has 2 aliphatic rings. The number of carbonyl (C=O) groups is 2. The van der Waals surface area contributed by atoms with Gasteiger partial charge in [0.15, 0.2) is 0 Å². The van der Waals surface area contributed by atoms with Crippen LogP contribution in [0.25, 0.3) is 11.6 Å². The van der Waals surface area contributed by atoms with Crippen molar-refractivity contribution in [3.05, 3.63) is 52.1 Å². The number of aromatic nitrogens is 1. The summed E-state index contributed by atoms with van der Waals surface area (Å²) in [7, 11) is 0. The average Bonchev–Trinajstić information content (AvgIpc) is 3.23. The molecule has 34 heavy (non-hydrogen) atoms. The minimum Gasteiger partial charge on any atom is -0.395 e. The number of benzene rings is 1. The van der Waals surface area contributed by atoms with E-state index in [9.17, 15) is 14.0 Å². The van der Waals surface area contributed by atoms with Crippen molar-refractivity contribution in [2.45, 2.75) is 45.6 Å². The Labute approximate surface area is 205 Å². The number of nitrogens with zero attached hydrogens (tertiary/aromatic N) is 1. The summed E-state index contributed by atoms with van der Waals surface area (Å²) in [6.07, 6.45) is 5.46. The third kappa shape index (κ3) is 5.19. The summed E-state index contributed by atoms with van der Waals surface area (Å²) in [5.74, 6) is -1.22. The number of hydrogen-bond donors (Lipinski definition) is 4. The van der Waals surface area contributed by atoms with E-state index in [2.05, 4.69) is 10.3 Å². The number of nitrogens with one attached hydrogen (secondary N) is 2. The van der Waals surface area contributed by atoms with Gasteiger partial charge in [-0.15, -0.1) is 12.4 Å². The topological polar surface area (TPSA) is 111 Å². The van der Waals surface area contributed by atoms with Crippen LogP contribution in [0.4, 0.5) is 10.1 Å². The lowest BCUT2D eigenvalue weighted by Crippen LogP contribution is -2.36. The zero-order chi connectivity index (χ0) is 23.7. The van der Waals surface area contributed by atoms with E-state index < -0.39 is 11.7 Å². The maximum absolute atomic E-state index is 15.0. The molecule has 5 N–H and O–H groups in total. The lowest BCUT2D eigenvalue weighted by Gasteiger charge is -2.30. The molecule has 0 spiro atoms. The summed E-state index contributed by atoms with van der Waals surface area (Å²) in [6.45, 7) is 4.18. The molecule has 0 radical (unpaired) electrons. The fourth-order valence-electron chi connectivity index (χ4n) is 4.80. The summed E-state index contributed by atoms with van der Waals surface area (Å²) in [4.78, 5) is 30.9. The van der Waals surface area contributed by atoms with E-state index in [4.69, 9.17) is 10.8 Å². The Hall–Kier alpha value is -2.68. The standard InChI is InChI=1S/C25H31FN4O3.ClH/c1-14-9-15(2)29-22(14)11-19-18-10-21(26)20(24(32)28-7-8-31)12-23(18)30(25(19)33)13-16-3-5-17(27)6-4-16;/h9-12,16-17,29,31H,3-8,13,27H2,1-2H3,(H,28,32);1H/b19-11-;. The summed E-state index contributed by atoms with van der Waals surface area (Å²) >= 11 is 0. The van der Waals surface area contributed by atoms with Crippen LogP contribution in [0.3, 0.4) is 0 Å². The van der Waals surface area contributed by atoms with Crippen molar-refractivity contribution in [1.29, 1.82) is 0 Å². The van der Waals surface area contributed by atoms with Gasteiger partial charge in [-0.3, -0.25) is 9.59 Å². The first kappa shape index (κ1) is 25.9. The van der Waals surface area contributed by atoms with Crippen molar-refractivity contribution < 1.29 is 19.1 Å². The van der Waals surface area contributed by atoms with Gasteiger partial charge in [-0.25, -0.2) is 4.39 Å². The van der Waals surface area contributed by atoms with Gasteiger partial charge in [0.05, 0.1) is 23.4 Å². The van der Waals surface area contributed by atoms with Crippen LogP contribution < -0.4 is 16.0 Å². The first-order chi connectivity index (χ1) is 15.8. The Morgan fingerprint density at radius 2 is 1.97 bits per heavy atom. The molecule has 1 aliphatic heterocycles. The molecule has 4 rings (SSSR count). The van der Waals surface area contributed by atoms with Crippen molar-refractivity contribution in [3.63, 3.8) is 0 Å². The quantitative estimate of drug-likeness (QED) is 0.465. The van der Waals surface area contributed by atoms with E-state index in [-0.39, 0.29) is 43.1 Å². The number of aliphatic hydroxyl groups is 1. The second-order valence-corrected chi connectivity index (χ2v) is 9.13. The van der Waals surface area contributed by atoms with Crippen LogP contribution in [0.1, 0.15) is 58.6 Å². The van der Waals surface area contributed by atoms with Gasteiger partial charge in [0.1, 0.15) is 5.82 Å². The Morgan fingerprint density at radius 3 is 2.59 bits per heavy atom. The maximum atomic E-state index is 15.0. The minimum absolute atomic E-state index is 0. The number of H-pyrrole nitrogens is 1. The number of aryl methyl sites for hydroxylation is 2. The van der Waals surface area contributed by atoms with E-state index >= 15 is 0 Å². The third-order valence-electron chi connectivity index (χ3n) is 6.59. The van der Waals surface area contributed by atoms with E-state index in [0.717, 1.165) is 42.6 Å². The minimum atomic E-state index is -0.701. The fourth-order valence-corrected chi connectivity index (χ4v) is 4.80. The second kappa shape index (κ2) is 10.7. The molecule has 1 saturated carbocycles. The monoisotopic (exact) mass is 490 g/mol. The van der Waals surface area contributed by atoms with E-state index in [1.54, 1.807) is 11.0 Å². The van der Waals surface area contributed by atoms with Gasteiger partial charge in [-0.1, -0.05) is 0 Å². The highest BCUT2D eigenvalue weighted by molar-refractivity contribution is 6.36. The molecule has 1 aromatic carbocycles. The second-order valence-electron chi connectivity index (χ2n) is 9.13. The molecule has 2 aromatic rings. The number of halogens is 2. The highest BCUT2D eigenvalue weighted by Crippen LogP contribution is 2.41. The van der Waals surface area contributed by atoms with Gasteiger partial charge in [0, 0.05) is 36.1 Å². The van der Waals surface area contributed by atoms with Crippen LogP contribution in [0.5, 0.6) is 0 Å². The molecule has 1 fully saturated rings. The molecule has 0 bridgehead atoms. The highest BCUT2D eigenvalue weighted by Gasteiger charge is 2.36. The van der Waals surface area contributed by atoms with Crippen LogP contribution in [0.2, 0.25) is 0 Å². The first-order valence-electron chi connectivity index (χ1n) is 11.5. The van der Waals surface area contributed by atoms with Gasteiger partial charge in [-0.05, 0) is 75.3 Å².